The number of halogens is 1. The fraction of sp³-hybridized carbons (Fsp3) is 0.300. The summed E-state index contributed by atoms with van der Waals surface area (Å²) in [5.74, 6) is 1.20. The number of aryl methyl sites for hydroxylation is 1. The van der Waals surface area contributed by atoms with Gasteiger partial charge in [-0.15, -0.1) is 0 Å². The van der Waals surface area contributed by atoms with Crippen molar-refractivity contribution in [2.24, 2.45) is 5.92 Å². The molecule has 138 valence electrons. The fourth-order valence-electron chi connectivity index (χ4n) is 3.33. The normalized spacial score (nSPS) is 16.6. The van der Waals surface area contributed by atoms with Crippen molar-refractivity contribution >= 4 is 5.91 Å². The zero-order chi connectivity index (χ0) is 18.6. The fourth-order valence-corrected chi connectivity index (χ4v) is 3.33. The van der Waals surface area contributed by atoms with Crippen molar-refractivity contribution in [3.63, 3.8) is 0 Å². The SMILES string of the molecule is O=C(c1ccncc1)N1CCC(CCc2noc(-c3ccc(F)cc3)n2)C1. The monoisotopic (exact) mass is 366 g/mol. The van der Waals surface area contributed by atoms with Gasteiger partial charge in [0, 0.05) is 43.0 Å². The van der Waals surface area contributed by atoms with E-state index in [1.54, 1.807) is 36.7 Å². The molecule has 1 aliphatic heterocycles. The molecule has 6 nitrogen and oxygen atoms in total. The summed E-state index contributed by atoms with van der Waals surface area (Å²) in [4.78, 5) is 22.7. The summed E-state index contributed by atoms with van der Waals surface area (Å²) in [7, 11) is 0. The van der Waals surface area contributed by atoms with Crippen molar-refractivity contribution in [2.75, 3.05) is 13.1 Å². The van der Waals surface area contributed by atoms with Crippen molar-refractivity contribution in [1.82, 2.24) is 20.0 Å². The summed E-state index contributed by atoms with van der Waals surface area (Å²) >= 11 is 0. The maximum atomic E-state index is 13.0. The maximum Gasteiger partial charge on any atom is 0.257 e. The molecule has 0 bridgehead atoms. The number of carbonyl (C=O) groups is 1. The van der Waals surface area contributed by atoms with Crippen LogP contribution in [0.5, 0.6) is 0 Å². The van der Waals surface area contributed by atoms with E-state index in [9.17, 15) is 9.18 Å². The highest BCUT2D eigenvalue weighted by Gasteiger charge is 2.27. The Balaban J connectivity index is 1.31. The van der Waals surface area contributed by atoms with Crippen LogP contribution in [0.4, 0.5) is 4.39 Å². The highest BCUT2D eigenvalue weighted by molar-refractivity contribution is 5.94. The third-order valence-electron chi connectivity index (χ3n) is 4.84. The van der Waals surface area contributed by atoms with Crippen LogP contribution in [-0.2, 0) is 6.42 Å². The number of nitrogens with zero attached hydrogens (tertiary/aromatic N) is 4. The molecule has 0 N–H and O–H groups in total. The number of likely N-dealkylation sites (tertiary alicyclic amines) is 1. The Kier molecular flexibility index (Phi) is 4.91. The van der Waals surface area contributed by atoms with E-state index >= 15 is 0 Å². The van der Waals surface area contributed by atoms with Crippen molar-refractivity contribution < 1.29 is 13.7 Å². The number of hydrogen-bond donors (Lipinski definition) is 0. The molecule has 1 saturated heterocycles. The van der Waals surface area contributed by atoms with E-state index in [0.29, 0.717) is 35.2 Å². The second-order valence-electron chi connectivity index (χ2n) is 6.70. The summed E-state index contributed by atoms with van der Waals surface area (Å²) in [6, 6.07) is 9.45. The Bertz CT molecular complexity index is 911. The number of pyridine rings is 1. The molecule has 0 saturated carbocycles. The number of hydrogen-bond acceptors (Lipinski definition) is 5. The van der Waals surface area contributed by atoms with Crippen LogP contribution in [0.15, 0.2) is 53.3 Å². The van der Waals surface area contributed by atoms with Crippen molar-refractivity contribution in [3.8, 4) is 11.5 Å². The number of rotatable bonds is 5. The van der Waals surface area contributed by atoms with Gasteiger partial charge in [0.2, 0.25) is 0 Å². The van der Waals surface area contributed by atoms with E-state index in [2.05, 4.69) is 15.1 Å². The minimum atomic E-state index is -0.300. The number of benzene rings is 1. The summed E-state index contributed by atoms with van der Waals surface area (Å²) in [5.41, 5.74) is 1.37. The molecule has 1 aliphatic rings. The first-order valence-electron chi connectivity index (χ1n) is 8.97. The smallest absolute Gasteiger partial charge is 0.257 e. The second-order valence-corrected chi connectivity index (χ2v) is 6.70. The number of carbonyl (C=O) groups excluding carboxylic acids is 1. The van der Waals surface area contributed by atoms with Crippen LogP contribution in [0.3, 0.4) is 0 Å². The van der Waals surface area contributed by atoms with Crippen molar-refractivity contribution in [2.45, 2.75) is 19.3 Å². The van der Waals surface area contributed by atoms with Crippen LogP contribution in [0.1, 0.15) is 29.0 Å². The van der Waals surface area contributed by atoms with Crippen LogP contribution < -0.4 is 0 Å². The minimum Gasteiger partial charge on any atom is -0.338 e. The average molecular weight is 366 g/mol. The molecule has 2 aromatic heterocycles. The summed E-state index contributed by atoms with van der Waals surface area (Å²) in [6.45, 7) is 1.50. The zero-order valence-electron chi connectivity index (χ0n) is 14.7. The highest BCUT2D eigenvalue weighted by atomic mass is 19.1. The topological polar surface area (TPSA) is 72.1 Å². The standard InChI is InChI=1S/C20H19FN4O2/c21-17-4-2-15(3-5-17)19-23-18(24-27-19)6-1-14-9-12-25(13-14)20(26)16-7-10-22-11-8-16/h2-5,7-8,10-11,14H,1,6,9,12-13H2. The third-order valence-corrected chi connectivity index (χ3v) is 4.84. The van der Waals surface area contributed by atoms with E-state index in [0.717, 1.165) is 25.9 Å². The first kappa shape index (κ1) is 17.3. The van der Waals surface area contributed by atoms with Gasteiger partial charge in [0.1, 0.15) is 5.82 Å². The van der Waals surface area contributed by atoms with Gasteiger partial charge in [-0.3, -0.25) is 9.78 Å². The molecular formula is C20H19FN4O2. The van der Waals surface area contributed by atoms with Crippen molar-refractivity contribution in [1.29, 1.82) is 0 Å². The predicted octanol–water partition coefficient (Wildman–Crippen LogP) is 3.37. The first-order chi connectivity index (χ1) is 13.2. The molecule has 3 heterocycles. The van der Waals surface area contributed by atoms with Gasteiger partial charge in [0.25, 0.3) is 11.8 Å². The van der Waals surface area contributed by atoms with Gasteiger partial charge in [0.05, 0.1) is 0 Å². The molecule has 1 atom stereocenters. The molecule has 1 fully saturated rings. The molecule has 1 unspecified atom stereocenters. The van der Waals surface area contributed by atoms with E-state index < -0.39 is 0 Å². The van der Waals surface area contributed by atoms with Gasteiger partial charge in [-0.25, -0.2) is 4.39 Å². The molecule has 4 rings (SSSR count). The molecule has 7 heteroatoms. The van der Waals surface area contributed by atoms with E-state index in [-0.39, 0.29) is 11.7 Å². The molecule has 1 aromatic carbocycles. The lowest BCUT2D eigenvalue weighted by molar-refractivity contribution is 0.0786. The van der Waals surface area contributed by atoms with Gasteiger partial charge in [-0.2, -0.15) is 4.98 Å². The maximum absolute atomic E-state index is 13.0. The highest BCUT2D eigenvalue weighted by Crippen LogP contribution is 2.24. The van der Waals surface area contributed by atoms with Crippen LogP contribution >= 0.6 is 0 Å². The van der Waals surface area contributed by atoms with Crippen LogP contribution in [0.2, 0.25) is 0 Å². The molecule has 0 spiro atoms. The Morgan fingerprint density at radius 3 is 2.74 bits per heavy atom. The molecular weight excluding hydrogens is 347 g/mol. The Hall–Kier alpha value is -3.09. The third kappa shape index (κ3) is 4.02. The van der Waals surface area contributed by atoms with Gasteiger partial charge in [-0.05, 0) is 55.2 Å². The lowest BCUT2D eigenvalue weighted by atomic mass is 10.0. The lowest BCUT2D eigenvalue weighted by Crippen LogP contribution is -2.28. The van der Waals surface area contributed by atoms with Crippen LogP contribution in [-0.4, -0.2) is 39.0 Å². The molecule has 3 aromatic rings. The van der Waals surface area contributed by atoms with Crippen LogP contribution in [0, 0.1) is 11.7 Å². The zero-order valence-corrected chi connectivity index (χ0v) is 14.7. The lowest BCUT2D eigenvalue weighted by Gasteiger charge is -2.16. The molecule has 27 heavy (non-hydrogen) atoms. The quantitative estimate of drug-likeness (QED) is 0.692. The molecule has 0 radical (unpaired) electrons. The molecule has 1 amide bonds. The Labute approximate surface area is 156 Å². The predicted molar refractivity (Wildman–Crippen MR) is 96.3 cm³/mol. The number of amides is 1. The summed E-state index contributed by atoms with van der Waals surface area (Å²) in [5, 5.41) is 4.01. The minimum absolute atomic E-state index is 0.0538. The Morgan fingerprint density at radius 1 is 1.19 bits per heavy atom. The van der Waals surface area contributed by atoms with E-state index in [4.69, 9.17) is 4.52 Å². The van der Waals surface area contributed by atoms with Gasteiger partial charge in [-0.1, -0.05) is 5.16 Å². The Morgan fingerprint density at radius 2 is 1.96 bits per heavy atom. The summed E-state index contributed by atoms with van der Waals surface area (Å²) < 4.78 is 18.3. The second kappa shape index (κ2) is 7.65. The van der Waals surface area contributed by atoms with Gasteiger partial charge < -0.3 is 9.42 Å². The molecule has 0 aliphatic carbocycles. The largest absolute Gasteiger partial charge is 0.338 e. The first-order valence-corrected chi connectivity index (χ1v) is 8.97. The summed E-state index contributed by atoms with van der Waals surface area (Å²) in [6.07, 6.45) is 5.82. The van der Waals surface area contributed by atoms with Gasteiger partial charge >= 0.3 is 0 Å². The van der Waals surface area contributed by atoms with E-state index in [1.165, 1.54) is 12.1 Å². The number of aromatic nitrogens is 3. The van der Waals surface area contributed by atoms with Crippen molar-refractivity contribution in [3.05, 3.63) is 66.0 Å². The van der Waals surface area contributed by atoms with Crippen LogP contribution in [0.25, 0.3) is 11.5 Å². The van der Waals surface area contributed by atoms with Gasteiger partial charge in [0.15, 0.2) is 5.82 Å². The van der Waals surface area contributed by atoms with E-state index in [1.807, 2.05) is 4.90 Å². The average Bonchev–Trinajstić information content (AvgIpc) is 3.37.